The lowest BCUT2D eigenvalue weighted by atomic mass is 10.0. The Labute approximate surface area is 134 Å². The van der Waals surface area contributed by atoms with Gasteiger partial charge in [-0.05, 0) is 31.9 Å². The number of sulfonamides is 1. The summed E-state index contributed by atoms with van der Waals surface area (Å²) >= 11 is 0. The fraction of sp³-hybridized carbons (Fsp3) is 0.467. The molecule has 2 aliphatic heterocycles. The van der Waals surface area contributed by atoms with Crippen molar-refractivity contribution < 1.29 is 13.2 Å². The molecular formula is C15H18N4O3S. The van der Waals surface area contributed by atoms with Crippen LogP contribution in [-0.2, 0) is 23.0 Å². The lowest BCUT2D eigenvalue weighted by molar-refractivity contribution is 0.135. The van der Waals surface area contributed by atoms with E-state index in [-0.39, 0.29) is 4.90 Å². The monoisotopic (exact) mass is 334 g/mol. The SMILES string of the molecule is CC1(C)Cc2cccc(S(=O)(=O)N3CCCn4ncnc43)c2O1. The molecule has 4 rings (SSSR count). The molecule has 122 valence electrons. The lowest BCUT2D eigenvalue weighted by Gasteiger charge is -2.28. The van der Waals surface area contributed by atoms with Gasteiger partial charge < -0.3 is 4.74 Å². The van der Waals surface area contributed by atoms with Gasteiger partial charge in [0.2, 0.25) is 5.95 Å². The first-order valence-electron chi connectivity index (χ1n) is 7.60. The highest BCUT2D eigenvalue weighted by Crippen LogP contribution is 2.41. The van der Waals surface area contributed by atoms with Crippen molar-refractivity contribution >= 4 is 16.0 Å². The van der Waals surface area contributed by atoms with Crippen LogP contribution in [0, 0.1) is 0 Å². The molecular weight excluding hydrogens is 316 g/mol. The van der Waals surface area contributed by atoms with Crippen LogP contribution in [0.25, 0.3) is 0 Å². The zero-order valence-electron chi connectivity index (χ0n) is 13.1. The summed E-state index contributed by atoms with van der Waals surface area (Å²) in [6, 6.07) is 5.29. The number of nitrogens with zero attached hydrogens (tertiary/aromatic N) is 4. The van der Waals surface area contributed by atoms with E-state index < -0.39 is 15.6 Å². The molecule has 0 unspecified atom stereocenters. The second-order valence-corrected chi connectivity index (χ2v) is 8.33. The zero-order valence-corrected chi connectivity index (χ0v) is 13.9. The van der Waals surface area contributed by atoms with Gasteiger partial charge in [-0.2, -0.15) is 10.1 Å². The van der Waals surface area contributed by atoms with E-state index in [1.165, 1.54) is 10.6 Å². The minimum Gasteiger partial charge on any atom is -0.486 e. The first kappa shape index (κ1) is 14.5. The van der Waals surface area contributed by atoms with Gasteiger partial charge in [0, 0.05) is 19.5 Å². The van der Waals surface area contributed by atoms with Crippen molar-refractivity contribution in [2.24, 2.45) is 0 Å². The molecule has 0 amide bonds. The van der Waals surface area contributed by atoms with Crippen molar-refractivity contribution in [1.82, 2.24) is 14.8 Å². The van der Waals surface area contributed by atoms with Crippen molar-refractivity contribution in [3.05, 3.63) is 30.1 Å². The first-order chi connectivity index (χ1) is 10.9. The number of anilines is 1. The summed E-state index contributed by atoms with van der Waals surface area (Å²) in [6.07, 6.45) is 2.79. The maximum absolute atomic E-state index is 13.2. The van der Waals surface area contributed by atoms with Crippen LogP contribution in [0.15, 0.2) is 29.4 Å². The number of para-hydroxylation sites is 1. The molecule has 0 radical (unpaired) electrons. The predicted molar refractivity (Wildman–Crippen MR) is 84.0 cm³/mol. The molecule has 1 aromatic carbocycles. The molecule has 0 fully saturated rings. The quantitative estimate of drug-likeness (QED) is 0.833. The number of aromatic nitrogens is 3. The smallest absolute Gasteiger partial charge is 0.270 e. The third-order valence-electron chi connectivity index (χ3n) is 4.17. The molecule has 8 heteroatoms. The van der Waals surface area contributed by atoms with Crippen molar-refractivity contribution in [1.29, 1.82) is 0 Å². The molecule has 0 aliphatic carbocycles. The largest absolute Gasteiger partial charge is 0.486 e. The standard InChI is InChI=1S/C15H18N4O3S/c1-15(2)9-11-5-3-6-12(13(11)22-15)23(20,21)19-8-4-7-18-14(19)16-10-17-18/h3,5-6,10H,4,7-9H2,1-2H3. The number of ether oxygens (including phenoxy) is 1. The number of hydrogen-bond acceptors (Lipinski definition) is 5. The molecule has 0 saturated heterocycles. The Bertz CT molecular complexity index is 873. The van der Waals surface area contributed by atoms with E-state index in [1.54, 1.807) is 16.8 Å². The van der Waals surface area contributed by atoms with E-state index in [0.29, 0.717) is 37.6 Å². The molecule has 1 aromatic heterocycles. The molecule has 0 N–H and O–H groups in total. The van der Waals surface area contributed by atoms with Crippen molar-refractivity contribution in [2.75, 3.05) is 10.8 Å². The number of benzene rings is 1. The van der Waals surface area contributed by atoms with Gasteiger partial charge in [-0.15, -0.1) is 0 Å². The lowest BCUT2D eigenvalue weighted by Crippen LogP contribution is -2.38. The number of fused-ring (bicyclic) bond motifs is 2. The number of hydrogen-bond donors (Lipinski definition) is 0. The van der Waals surface area contributed by atoms with E-state index in [2.05, 4.69) is 10.1 Å². The van der Waals surface area contributed by atoms with E-state index in [4.69, 9.17) is 4.74 Å². The summed E-state index contributed by atoms with van der Waals surface area (Å²) in [7, 11) is -3.74. The van der Waals surface area contributed by atoms with E-state index in [0.717, 1.165) is 5.56 Å². The van der Waals surface area contributed by atoms with Crippen molar-refractivity contribution in [2.45, 2.75) is 43.7 Å². The van der Waals surface area contributed by atoms with Crippen LogP contribution in [0.2, 0.25) is 0 Å². The Kier molecular flexibility index (Phi) is 2.96. The molecule has 2 aliphatic rings. The maximum atomic E-state index is 13.2. The zero-order chi connectivity index (χ0) is 16.2. The minimum atomic E-state index is -3.74. The highest BCUT2D eigenvalue weighted by atomic mass is 32.2. The summed E-state index contributed by atoms with van der Waals surface area (Å²) < 4.78 is 35.2. The minimum absolute atomic E-state index is 0.206. The van der Waals surface area contributed by atoms with Crippen LogP contribution in [-0.4, -0.2) is 35.3 Å². The maximum Gasteiger partial charge on any atom is 0.270 e. The summed E-state index contributed by atoms with van der Waals surface area (Å²) in [5, 5.41) is 4.08. The van der Waals surface area contributed by atoms with Gasteiger partial charge in [0.15, 0.2) is 0 Å². The number of aryl methyl sites for hydroxylation is 1. The molecule has 7 nitrogen and oxygen atoms in total. The highest BCUT2D eigenvalue weighted by Gasteiger charge is 2.38. The van der Waals surface area contributed by atoms with Gasteiger partial charge >= 0.3 is 0 Å². The Balaban J connectivity index is 1.83. The van der Waals surface area contributed by atoms with Gasteiger partial charge in [-0.25, -0.2) is 17.4 Å². The van der Waals surface area contributed by atoms with Crippen LogP contribution >= 0.6 is 0 Å². The molecule has 0 atom stereocenters. The van der Waals surface area contributed by atoms with Gasteiger partial charge in [0.25, 0.3) is 10.0 Å². The van der Waals surface area contributed by atoms with E-state index in [9.17, 15) is 8.42 Å². The summed E-state index contributed by atoms with van der Waals surface area (Å²) in [5.41, 5.74) is 0.533. The molecule has 3 heterocycles. The summed E-state index contributed by atoms with van der Waals surface area (Å²) in [6.45, 7) is 4.99. The van der Waals surface area contributed by atoms with Crippen LogP contribution in [0.1, 0.15) is 25.8 Å². The second kappa shape index (κ2) is 4.70. The fourth-order valence-electron chi connectivity index (χ4n) is 3.21. The molecule has 2 aromatic rings. The van der Waals surface area contributed by atoms with Crippen LogP contribution < -0.4 is 9.04 Å². The van der Waals surface area contributed by atoms with E-state index in [1.807, 2.05) is 19.9 Å². The van der Waals surface area contributed by atoms with Gasteiger partial charge in [0.05, 0.1) is 0 Å². The predicted octanol–water partition coefficient (Wildman–Crippen LogP) is 1.59. The van der Waals surface area contributed by atoms with Gasteiger partial charge in [0.1, 0.15) is 22.6 Å². The summed E-state index contributed by atoms with van der Waals surface area (Å²) in [5.74, 6) is 0.834. The van der Waals surface area contributed by atoms with Crippen LogP contribution in [0.5, 0.6) is 5.75 Å². The topological polar surface area (TPSA) is 77.3 Å². The Morgan fingerprint density at radius 3 is 2.91 bits per heavy atom. The molecule has 23 heavy (non-hydrogen) atoms. The average Bonchev–Trinajstić information content (AvgIpc) is 3.07. The molecule has 0 spiro atoms. The average molecular weight is 334 g/mol. The number of rotatable bonds is 2. The Morgan fingerprint density at radius 2 is 2.09 bits per heavy atom. The second-order valence-electron chi connectivity index (χ2n) is 6.50. The molecule has 0 bridgehead atoms. The van der Waals surface area contributed by atoms with Gasteiger partial charge in [-0.1, -0.05) is 12.1 Å². The first-order valence-corrected chi connectivity index (χ1v) is 9.04. The van der Waals surface area contributed by atoms with E-state index >= 15 is 0 Å². The third-order valence-corrected chi connectivity index (χ3v) is 5.98. The van der Waals surface area contributed by atoms with Gasteiger partial charge in [-0.3, -0.25) is 0 Å². The van der Waals surface area contributed by atoms with Crippen LogP contribution in [0.3, 0.4) is 0 Å². The normalized spacial score (nSPS) is 19.1. The summed E-state index contributed by atoms with van der Waals surface area (Å²) in [4.78, 5) is 4.32. The third kappa shape index (κ3) is 2.20. The van der Waals surface area contributed by atoms with Crippen LogP contribution in [0.4, 0.5) is 5.95 Å². The van der Waals surface area contributed by atoms with Crippen molar-refractivity contribution in [3.63, 3.8) is 0 Å². The van der Waals surface area contributed by atoms with Crippen molar-refractivity contribution in [3.8, 4) is 5.75 Å². The Morgan fingerprint density at radius 1 is 1.26 bits per heavy atom. The Hall–Kier alpha value is -2.09. The highest BCUT2D eigenvalue weighted by molar-refractivity contribution is 7.93. The molecule has 0 saturated carbocycles. The fourth-order valence-corrected chi connectivity index (χ4v) is 4.83.